The van der Waals surface area contributed by atoms with E-state index < -0.39 is 0 Å². The molecule has 1 aromatic rings. The highest BCUT2D eigenvalue weighted by molar-refractivity contribution is 7.07. The summed E-state index contributed by atoms with van der Waals surface area (Å²) in [5.74, 6) is 0. The van der Waals surface area contributed by atoms with E-state index in [-0.39, 0.29) is 0 Å². The fourth-order valence-electron chi connectivity index (χ4n) is 2.60. The zero-order valence-electron chi connectivity index (χ0n) is 11.0. The number of likely N-dealkylation sites (tertiary alicyclic amines) is 1. The lowest BCUT2D eigenvalue weighted by Crippen LogP contribution is -2.46. The molecule has 2 nitrogen and oxygen atoms in total. The van der Waals surface area contributed by atoms with Crippen molar-refractivity contribution >= 4 is 11.3 Å². The maximum atomic E-state index is 3.66. The molecule has 0 aliphatic carbocycles. The second kappa shape index (κ2) is 6.53. The van der Waals surface area contributed by atoms with Crippen LogP contribution in [-0.4, -0.2) is 30.6 Å². The summed E-state index contributed by atoms with van der Waals surface area (Å²) < 4.78 is 0. The van der Waals surface area contributed by atoms with Crippen LogP contribution in [0.4, 0.5) is 0 Å². The smallest absolute Gasteiger partial charge is 0.0328 e. The highest BCUT2D eigenvalue weighted by atomic mass is 32.1. The minimum Gasteiger partial charge on any atom is -0.313 e. The molecule has 0 bridgehead atoms. The Bertz CT molecular complexity index is 310. The first-order valence-corrected chi connectivity index (χ1v) is 7.75. The number of nitrogens with one attached hydrogen (secondary N) is 1. The van der Waals surface area contributed by atoms with Crippen molar-refractivity contribution < 1.29 is 0 Å². The summed E-state index contributed by atoms with van der Waals surface area (Å²) in [6.45, 7) is 8.19. The third-order valence-corrected chi connectivity index (χ3v) is 4.41. The van der Waals surface area contributed by atoms with Gasteiger partial charge in [-0.25, -0.2) is 0 Å². The lowest BCUT2D eigenvalue weighted by atomic mass is 10.0. The van der Waals surface area contributed by atoms with Crippen molar-refractivity contribution in [2.75, 3.05) is 19.6 Å². The standard InChI is InChI=1S/C14H24N2S/c1-3-7-15-14-5-4-8-16(10-14)12(2)13-6-9-17-11-13/h6,9,11-12,14-15H,3-5,7-8,10H2,1-2H3. The van der Waals surface area contributed by atoms with Gasteiger partial charge in [0.2, 0.25) is 0 Å². The van der Waals surface area contributed by atoms with Gasteiger partial charge >= 0.3 is 0 Å². The van der Waals surface area contributed by atoms with Crippen molar-refractivity contribution in [2.45, 2.75) is 45.2 Å². The fraction of sp³-hybridized carbons (Fsp3) is 0.714. The van der Waals surface area contributed by atoms with E-state index in [4.69, 9.17) is 0 Å². The molecule has 2 rings (SSSR count). The molecule has 96 valence electrons. The number of piperidine rings is 1. The summed E-state index contributed by atoms with van der Waals surface area (Å²) in [5, 5.41) is 8.13. The van der Waals surface area contributed by atoms with Crippen LogP contribution in [0.3, 0.4) is 0 Å². The number of rotatable bonds is 5. The average Bonchev–Trinajstić information content (AvgIpc) is 2.89. The second-order valence-corrected chi connectivity index (χ2v) is 5.80. The molecule has 0 aromatic carbocycles. The van der Waals surface area contributed by atoms with Crippen LogP contribution in [0, 0.1) is 0 Å². The van der Waals surface area contributed by atoms with Crippen molar-refractivity contribution in [1.29, 1.82) is 0 Å². The topological polar surface area (TPSA) is 15.3 Å². The fourth-order valence-corrected chi connectivity index (χ4v) is 3.34. The third-order valence-electron chi connectivity index (χ3n) is 3.71. The van der Waals surface area contributed by atoms with Crippen molar-refractivity contribution in [2.24, 2.45) is 0 Å². The van der Waals surface area contributed by atoms with Gasteiger partial charge in [0.15, 0.2) is 0 Å². The summed E-state index contributed by atoms with van der Waals surface area (Å²) in [5.41, 5.74) is 1.48. The zero-order chi connectivity index (χ0) is 12.1. The second-order valence-electron chi connectivity index (χ2n) is 5.02. The van der Waals surface area contributed by atoms with E-state index in [1.54, 1.807) is 11.3 Å². The molecule has 0 saturated carbocycles. The third kappa shape index (κ3) is 3.54. The Morgan fingerprint density at radius 3 is 3.18 bits per heavy atom. The van der Waals surface area contributed by atoms with E-state index in [0.29, 0.717) is 12.1 Å². The number of thiophene rings is 1. The minimum absolute atomic E-state index is 0.576. The molecule has 0 radical (unpaired) electrons. The number of hydrogen-bond acceptors (Lipinski definition) is 3. The van der Waals surface area contributed by atoms with E-state index in [2.05, 4.69) is 40.9 Å². The summed E-state index contributed by atoms with van der Waals surface area (Å²) in [4.78, 5) is 2.62. The van der Waals surface area contributed by atoms with E-state index in [0.717, 1.165) is 6.54 Å². The molecular weight excluding hydrogens is 228 g/mol. The van der Waals surface area contributed by atoms with E-state index in [1.807, 2.05) is 0 Å². The van der Waals surface area contributed by atoms with Crippen molar-refractivity contribution in [3.63, 3.8) is 0 Å². The molecule has 1 aromatic heterocycles. The van der Waals surface area contributed by atoms with Crippen LogP contribution >= 0.6 is 11.3 Å². The number of hydrogen-bond donors (Lipinski definition) is 1. The normalized spacial score (nSPS) is 23.8. The van der Waals surface area contributed by atoms with Gasteiger partial charge in [-0.05, 0) is 61.7 Å². The van der Waals surface area contributed by atoms with Crippen molar-refractivity contribution in [1.82, 2.24) is 10.2 Å². The molecule has 17 heavy (non-hydrogen) atoms. The molecule has 3 heteroatoms. The number of nitrogens with zero attached hydrogens (tertiary/aromatic N) is 1. The molecule has 2 atom stereocenters. The van der Waals surface area contributed by atoms with Crippen molar-refractivity contribution in [3.8, 4) is 0 Å². The van der Waals surface area contributed by atoms with Crippen LogP contribution < -0.4 is 5.32 Å². The first-order valence-electron chi connectivity index (χ1n) is 6.80. The molecule has 1 saturated heterocycles. The largest absolute Gasteiger partial charge is 0.313 e. The molecule has 2 heterocycles. The van der Waals surface area contributed by atoms with Crippen LogP contribution in [-0.2, 0) is 0 Å². The maximum absolute atomic E-state index is 3.66. The minimum atomic E-state index is 0.576. The van der Waals surface area contributed by atoms with Gasteiger partial charge < -0.3 is 5.32 Å². The highest BCUT2D eigenvalue weighted by Crippen LogP contribution is 2.25. The highest BCUT2D eigenvalue weighted by Gasteiger charge is 2.23. The molecule has 0 amide bonds. The Morgan fingerprint density at radius 2 is 2.47 bits per heavy atom. The van der Waals surface area contributed by atoms with Gasteiger partial charge in [-0.1, -0.05) is 6.92 Å². The predicted molar refractivity (Wildman–Crippen MR) is 75.6 cm³/mol. The Balaban J connectivity index is 1.88. The van der Waals surface area contributed by atoms with Gasteiger partial charge in [0.1, 0.15) is 0 Å². The maximum Gasteiger partial charge on any atom is 0.0328 e. The summed E-state index contributed by atoms with van der Waals surface area (Å²) in [6.07, 6.45) is 3.90. The van der Waals surface area contributed by atoms with E-state index >= 15 is 0 Å². The monoisotopic (exact) mass is 252 g/mol. The Morgan fingerprint density at radius 1 is 1.59 bits per heavy atom. The summed E-state index contributed by atoms with van der Waals surface area (Å²) in [7, 11) is 0. The first kappa shape index (κ1) is 13.1. The molecular formula is C14H24N2S. The van der Waals surface area contributed by atoms with Gasteiger partial charge in [0.05, 0.1) is 0 Å². The summed E-state index contributed by atoms with van der Waals surface area (Å²) in [6, 6.07) is 3.54. The van der Waals surface area contributed by atoms with E-state index in [1.165, 1.54) is 37.9 Å². The lowest BCUT2D eigenvalue weighted by molar-refractivity contribution is 0.146. The SMILES string of the molecule is CCCNC1CCCN(C(C)c2ccsc2)C1. The van der Waals surface area contributed by atoms with Crippen LogP contribution in [0.25, 0.3) is 0 Å². The van der Waals surface area contributed by atoms with Gasteiger partial charge in [-0.15, -0.1) is 0 Å². The molecule has 1 aliphatic heterocycles. The molecule has 2 unspecified atom stereocenters. The van der Waals surface area contributed by atoms with Gasteiger partial charge in [0, 0.05) is 18.6 Å². The van der Waals surface area contributed by atoms with Gasteiger partial charge in [0.25, 0.3) is 0 Å². The van der Waals surface area contributed by atoms with E-state index in [9.17, 15) is 0 Å². The molecule has 1 aliphatic rings. The van der Waals surface area contributed by atoms with Gasteiger partial charge in [-0.3, -0.25) is 4.90 Å². The molecule has 1 fully saturated rings. The van der Waals surface area contributed by atoms with Crippen LogP contribution in [0.2, 0.25) is 0 Å². The lowest BCUT2D eigenvalue weighted by Gasteiger charge is -2.37. The predicted octanol–water partition coefficient (Wildman–Crippen LogP) is 3.27. The Hall–Kier alpha value is -0.380. The first-order chi connectivity index (χ1) is 8.31. The molecule has 0 spiro atoms. The molecule has 1 N–H and O–H groups in total. The van der Waals surface area contributed by atoms with Crippen LogP contribution in [0.5, 0.6) is 0 Å². The van der Waals surface area contributed by atoms with Crippen molar-refractivity contribution in [3.05, 3.63) is 22.4 Å². The Kier molecular flexibility index (Phi) is 5.01. The van der Waals surface area contributed by atoms with Crippen LogP contribution in [0.15, 0.2) is 16.8 Å². The Labute approximate surface area is 109 Å². The quantitative estimate of drug-likeness (QED) is 0.865. The van der Waals surface area contributed by atoms with Crippen LogP contribution in [0.1, 0.15) is 44.7 Å². The average molecular weight is 252 g/mol. The zero-order valence-corrected chi connectivity index (χ0v) is 11.8. The van der Waals surface area contributed by atoms with Gasteiger partial charge in [-0.2, -0.15) is 11.3 Å². The summed E-state index contributed by atoms with van der Waals surface area (Å²) >= 11 is 1.80.